The molecule has 1 aliphatic rings. The molecular formula is C6H8F3NO. The fraction of sp³-hybridized carbons (Fsp3) is 0.667. The average Bonchev–Trinajstić information content (AvgIpc) is 2.34. The van der Waals surface area contributed by atoms with Crippen molar-refractivity contribution in [2.24, 2.45) is 5.73 Å². The van der Waals surface area contributed by atoms with Gasteiger partial charge in [0.2, 0.25) is 0 Å². The van der Waals surface area contributed by atoms with Crippen molar-refractivity contribution >= 4 is 0 Å². The maximum absolute atomic E-state index is 11.9. The molecule has 2 N–H and O–H groups in total. The van der Waals surface area contributed by atoms with E-state index in [1.165, 1.54) is 6.08 Å². The normalized spacial score (nSPS) is 20.9. The van der Waals surface area contributed by atoms with Crippen LogP contribution in [0.1, 0.15) is 6.42 Å². The number of hydrogen-bond donors (Lipinski definition) is 1. The summed E-state index contributed by atoms with van der Waals surface area (Å²) < 4.78 is 40.2. The topological polar surface area (TPSA) is 35.2 Å². The van der Waals surface area contributed by atoms with Gasteiger partial charge in [0.25, 0.3) is 0 Å². The van der Waals surface area contributed by atoms with Gasteiger partial charge in [-0.3, -0.25) is 0 Å². The number of ether oxygens (including phenoxy) is 1. The Balaban J connectivity index is 2.60. The van der Waals surface area contributed by atoms with Crippen molar-refractivity contribution in [1.29, 1.82) is 0 Å². The highest BCUT2D eigenvalue weighted by Crippen LogP contribution is 2.26. The molecule has 1 unspecified atom stereocenters. The van der Waals surface area contributed by atoms with Crippen LogP contribution in [0.5, 0.6) is 0 Å². The van der Waals surface area contributed by atoms with E-state index in [0.29, 0.717) is 13.0 Å². The van der Waals surface area contributed by atoms with Gasteiger partial charge in [-0.1, -0.05) is 0 Å². The van der Waals surface area contributed by atoms with Crippen LogP contribution in [0.3, 0.4) is 0 Å². The van der Waals surface area contributed by atoms with Crippen LogP contribution >= 0.6 is 0 Å². The summed E-state index contributed by atoms with van der Waals surface area (Å²) in [6.45, 7) is 0.305. The van der Waals surface area contributed by atoms with Gasteiger partial charge in [-0.2, -0.15) is 13.2 Å². The number of hydrogen-bond acceptors (Lipinski definition) is 2. The van der Waals surface area contributed by atoms with Crippen LogP contribution in [0.4, 0.5) is 13.2 Å². The lowest BCUT2D eigenvalue weighted by Crippen LogP contribution is -2.39. The van der Waals surface area contributed by atoms with Crippen LogP contribution in [-0.2, 0) is 4.74 Å². The molecule has 64 valence electrons. The molecule has 0 aromatic rings. The monoisotopic (exact) mass is 167 g/mol. The third-order valence-corrected chi connectivity index (χ3v) is 1.39. The predicted molar refractivity (Wildman–Crippen MR) is 32.7 cm³/mol. The quantitative estimate of drug-likeness (QED) is 0.636. The van der Waals surface area contributed by atoms with E-state index < -0.39 is 12.2 Å². The highest BCUT2D eigenvalue weighted by Gasteiger charge is 2.40. The first-order valence-electron chi connectivity index (χ1n) is 3.17. The molecule has 0 aromatic heterocycles. The molecule has 1 aliphatic heterocycles. The highest BCUT2D eigenvalue weighted by atomic mass is 19.4. The minimum Gasteiger partial charge on any atom is -0.496 e. The Morgan fingerprint density at radius 1 is 1.55 bits per heavy atom. The van der Waals surface area contributed by atoms with Crippen molar-refractivity contribution in [3.63, 3.8) is 0 Å². The predicted octanol–water partition coefficient (Wildman–Crippen LogP) is 1.18. The molecule has 11 heavy (non-hydrogen) atoms. The Hall–Kier alpha value is -0.710. The molecule has 0 saturated carbocycles. The summed E-state index contributed by atoms with van der Waals surface area (Å²) >= 11 is 0. The molecule has 1 heterocycles. The third-order valence-electron chi connectivity index (χ3n) is 1.39. The zero-order valence-electron chi connectivity index (χ0n) is 5.69. The Morgan fingerprint density at radius 2 is 2.18 bits per heavy atom. The molecule has 0 saturated heterocycles. The number of halogens is 3. The first kappa shape index (κ1) is 8.39. The van der Waals surface area contributed by atoms with Crippen molar-refractivity contribution < 1.29 is 17.9 Å². The Kier molecular flexibility index (Phi) is 2.08. The van der Waals surface area contributed by atoms with E-state index in [1.807, 2.05) is 0 Å². The lowest BCUT2D eigenvalue weighted by Gasteiger charge is -2.15. The van der Waals surface area contributed by atoms with Gasteiger partial charge in [0.1, 0.15) is 5.76 Å². The summed E-state index contributed by atoms with van der Waals surface area (Å²) in [5.74, 6) is -0.155. The molecule has 0 aromatic carbocycles. The standard InChI is InChI=1S/C6H8F3NO/c7-6(8,9)5(10)4-2-1-3-11-4/h2,5H,1,3,10H2. The fourth-order valence-corrected chi connectivity index (χ4v) is 0.815. The van der Waals surface area contributed by atoms with Crippen LogP contribution in [0, 0.1) is 0 Å². The van der Waals surface area contributed by atoms with Gasteiger partial charge in [-0.05, 0) is 6.08 Å². The Bertz CT molecular complexity index is 175. The number of nitrogens with two attached hydrogens (primary N) is 1. The molecule has 1 rings (SSSR count). The van der Waals surface area contributed by atoms with Gasteiger partial charge < -0.3 is 10.5 Å². The molecule has 1 atom stereocenters. The third kappa shape index (κ3) is 1.86. The van der Waals surface area contributed by atoms with E-state index in [2.05, 4.69) is 4.74 Å². The summed E-state index contributed by atoms with van der Waals surface area (Å²) in [5.41, 5.74) is 4.84. The van der Waals surface area contributed by atoms with E-state index in [-0.39, 0.29) is 5.76 Å². The maximum atomic E-state index is 11.9. The van der Waals surface area contributed by atoms with Crippen molar-refractivity contribution in [3.8, 4) is 0 Å². The summed E-state index contributed by atoms with van der Waals surface area (Å²) in [5, 5.41) is 0. The SMILES string of the molecule is NC(C1=CCCO1)C(F)(F)F. The molecule has 0 amide bonds. The van der Waals surface area contributed by atoms with E-state index in [0.717, 1.165) is 0 Å². The lowest BCUT2D eigenvalue weighted by molar-refractivity contribution is -0.146. The largest absolute Gasteiger partial charge is 0.496 e. The second-order valence-electron chi connectivity index (χ2n) is 2.26. The van der Waals surface area contributed by atoms with Crippen LogP contribution < -0.4 is 5.73 Å². The molecule has 5 heteroatoms. The van der Waals surface area contributed by atoms with Crippen molar-refractivity contribution in [2.45, 2.75) is 18.6 Å². The smallest absolute Gasteiger partial charge is 0.410 e. The number of alkyl halides is 3. The lowest BCUT2D eigenvalue weighted by atomic mass is 10.2. The van der Waals surface area contributed by atoms with Gasteiger partial charge in [0.15, 0.2) is 6.04 Å². The molecule has 0 aliphatic carbocycles. The minimum absolute atomic E-state index is 0.155. The maximum Gasteiger partial charge on any atom is 0.410 e. The number of rotatable bonds is 1. The molecular weight excluding hydrogens is 159 g/mol. The van der Waals surface area contributed by atoms with Crippen molar-refractivity contribution in [2.75, 3.05) is 6.61 Å². The molecule has 0 bridgehead atoms. The zero-order chi connectivity index (χ0) is 8.48. The van der Waals surface area contributed by atoms with Crippen LogP contribution in [0.15, 0.2) is 11.8 Å². The minimum atomic E-state index is -4.39. The first-order valence-corrected chi connectivity index (χ1v) is 3.17. The van der Waals surface area contributed by atoms with Crippen molar-refractivity contribution in [3.05, 3.63) is 11.8 Å². The molecule has 0 radical (unpaired) electrons. The van der Waals surface area contributed by atoms with Gasteiger partial charge in [-0.15, -0.1) is 0 Å². The van der Waals surface area contributed by atoms with E-state index in [1.54, 1.807) is 0 Å². The van der Waals surface area contributed by atoms with Gasteiger partial charge in [0.05, 0.1) is 6.61 Å². The Morgan fingerprint density at radius 3 is 2.55 bits per heavy atom. The van der Waals surface area contributed by atoms with Gasteiger partial charge >= 0.3 is 6.18 Å². The van der Waals surface area contributed by atoms with Crippen molar-refractivity contribution in [1.82, 2.24) is 0 Å². The average molecular weight is 167 g/mol. The van der Waals surface area contributed by atoms with Crippen LogP contribution in [0.25, 0.3) is 0 Å². The Labute approximate surface area is 61.8 Å². The summed E-state index contributed by atoms with van der Waals surface area (Å²) in [4.78, 5) is 0. The van der Waals surface area contributed by atoms with E-state index in [9.17, 15) is 13.2 Å². The van der Waals surface area contributed by atoms with Crippen LogP contribution in [0.2, 0.25) is 0 Å². The summed E-state index contributed by atoms with van der Waals surface area (Å²) in [7, 11) is 0. The van der Waals surface area contributed by atoms with Gasteiger partial charge in [-0.25, -0.2) is 0 Å². The summed E-state index contributed by atoms with van der Waals surface area (Å²) in [6, 6.07) is -1.95. The molecule has 0 fully saturated rings. The fourth-order valence-electron chi connectivity index (χ4n) is 0.815. The molecule has 2 nitrogen and oxygen atoms in total. The van der Waals surface area contributed by atoms with Crippen LogP contribution in [-0.4, -0.2) is 18.8 Å². The van der Waals surface area contributed by atoms with Gasteiger partial charge in [0, 0.05) is 6.42 Å². The molecule has 0 spiro atoms. The van der Waals surface area contributed by atoms with E-state index in [4.69, 9.17) is 5.73 Å². The summed E-state index contributed by atoms with van der Waals surface area (Å²) in [6.07, 6.45) is -2.51. The highest BCUT2D eigenvalue weighted by molar-refractivity contribution is 5.08. The second kappa shape index (κ2) is 2.73. The first-order chi connectivity index (χ1) is 5.02. The second-order valence-corrected chi connectivity index (χ2v) is 2.26. The van der Waals surface area contributed by atoms with E-state index >= 15 is 0 Å². The zero-order valence-corrected chi connectivity index (χ0v) is 5.69.